The van der Waals surface area contributed by atoms with Crippen molar-refractivity contribution in [3.05, 3.63) is 0 Å². The SMILES string of the molecule is OCC(CC1CCCCC1)NC1CCCCCC1. The second-order valence-corrected chi connectivity index (χ2v) is 6.47. The third-order valence-electron chi connectivity index (χ3n) is 4.89. The third kappa shape index (κ3) is 4.89. The monoisotopic (exact) mass is 253 g/mol. The van der Waals surface area contributed by atoms with Gasteiger partial charge in [0.1, 0.15) is 0 Å². The number of nitrogens with one attached hydrogen (secondary N) is 1. The summed E-state index contributed by atoms with van der Waals surface area (Å²) in [5.74, 6) is 0.870. The van der Waals surface area contributed by atoms with E-state index < -0.39 is 0 Å². The fraction of sp³-hybridized carbons (Fsp3) is 1.00. The first-order valence-electron chi connectivity index (χ1n) is 8.25. The zero-order valence-electron chi connectivity index (χ0n) is 11.9. The summed E-state index contributed by atoms with van der Waals surface area (Å²) in [5, 5.41) is 13.3. The van der Waals surface area contributed by atoms with Crippen LogP contribution in [0.5, 0.6) is 0 Å². The predicted octanol–water partition coefficient (Wildman–Crippen LogP) is 3.63. The molecule has 0 saturated heterocycles. The molecule has 18 heavy (non-hydrogen) atoms. The molecule has 2 aliphatic carbocycles. The Labute approximate surface area is 113 Å². The normalized spacial score (nSPS) is 25.8. The molecule has 2 saturated carbocycles. The lowest BCUT2D eigenvalue weighted by atomic mass is 9.84. The van der Waals surface area contributed by atoms with Crippen molar-refractivity contribution in [2.45, 2.75) is 89.1 Å². The highest BCUT2D eigenvalue weighted by Crippen LogP contribution is 2.28. The van der Waals surface area contributed by atoms with Gasteiger partial charge < -0.3 is 10.4 Å². The lowest BCUT2D eigenvalue weighted by Gasteiger charge is -2.29. The molecule has 0 aromatic rings. The summed E-state index contributed by atoms with van der Waals surface area (Å²) < 4.78 is 0. The van der Waals surface area contributed by atoms with Crippen molar-refractivity contribution < 1.29 is 5.11 Å². The van der Waals surface area contributed by atoms with Gasteiger partial charge in [-0.15, -0.1) is 0 Å². The number of aliphatic hydroxyl groups is 1. The van der Waals surface area contributed by atoms with Crippen molar-refractivity contribution >= 4 is 0 Å². The second-order valence-electron chi connectivity index (χ2n) is 6.47. The molecule has 0 aromatic carbocycles. The predicted molar refractivity (Wildman–Crippen MR) is 76.7 cm³/mol. The van der Waals surface area contributed by atoms with Gasteiger partial charge in [0, 0.05) is 12.1 Å². The van der Waals surface area contributed by atoms with Crippen LogP contribution in [0.25, 0.3) is 0 Å². The zero-order chi connectivity index (χ0) is 12.6. The molecule has 0 aliphatic heterocycles. The highest BCUT2D eigenvalue weighted by atomic mass is 16.3. The number of rotatable bonds is 5. The highest BCUT2D eigenvalue weighted by molar-refractivity contribution is 4.79. The van der Waals surface area contributed by atoms with E-state index in [1.165, 1.54) is 77.0 Å². The lowest BCUT2D eigenvalue weighted by molar-refractivity contribution is 0.190. The molecule has 2 rings (SSSR count). The molecule has 2 N–H and O–H groups in total. The van der Waals surface area contributed by atoms with E-state index in [4.69, 9.17) is 0 Å². The van der Waals surface area contributed by atoms with Gasteiger partial charge in [0.2, 0.25) is 0 Å². The standard InChI is InChI=1S/C16H31NO/c18-13-16(12-14-8-4-3-5-9-14)17-15-10-6-1-2-7-11-15/h14-18H,1-13H2. The third-order valence-corrected chi connectivity index (χ3v) is 4.89. The van der Waals surface area contributed by atoms with Crippen LogP contribution in [0.1, 0.15) is 77.0 Å². The minimum atomic E-state index is 0.326. The molecule has 1 atom stereocenters. The molecule has 1 unspecified atom stereocenters. The van der Waals surface area contributed by atoms with Gasteiger partial charge in [0.25, 0.3) is 0 Å². The maximum Gasteiger partial charge on any atom is 0.0584 e. The van der Waals surface area contributed by atoms with Crippen LogP contribution in [-0.2, 0) is 0 Å². The van der Waals surface area contributed by atoms with E-state index in [2.05, 4.69) is 5.32 Å². The van der Waals surface area contributed by atoms with Gasteiger partial charge in [-0.1, -0.05) is 57.8 Å². The summed E-state index contributed by atoms with van der Waals surface area (Å²) >= 11 is 0. The van der Waals surface area contributed by atoms with Gasteiger partial charge >= 0.3 is 0 Å². The Balaban J connectivity index is 1.72. The minimum absolute atomic E-state index is 0.326. The average molecular weight is 253 g/mol. The van der Waals surface area contributed by atoms with E-state index in [-0.39, 0.29) is 0 Å². The van der Waals surface area contributed by atoms with Crippen LogP contribution in [0.2, 0.25) is 0 Å². The topological polar surface area (TPSA) is 32.3 Å². The van der Waals surface area contributed by atoms with E-state index in [1.807, 2.05) is 0 Å². The zero-order valence-corrected chi connectivity index (χ0v) is 11.9. The maximum absolute atomic E-state index is 9.60. The first-order valence-corrected chi connectivity index (χ1v) is 8.25. The fourth-order valence-electron chi connectivity index (χ4n) is 3.80. The van der Waals surface area contributed by atoms with Gasteiger partial charge in [-0.05, 0) is 25.2 Å². The maximum atomic E-state index is 9.60. The molecule has 0 radical (unpaired) electrons. The average Bonchev–Trinajstić information content (AvgIpc) is 2.68. The smallest absolute Gasteiger partial charge is 0.0584 e. The van der Waals surface area contributed by atoms with Crippen LogP contribution < -0.4 is 5.32 Å². The Morgan fingerprint density at radius 2 is 1.39 bits per heavy atom. The van der Waals surface area contributed by atoms with E-state index in [0.717, 1.165) is 5.92 Å². The van der Waals surface area contributed by atoms with Crippen LogP contribution in [-0.4, -0.2) is 23.8 Å². The molecule has 2 aliphatic rings. The van der Waals surface area contributed by atoms with E-state index >= 15 is 0 Å². The summed E-state index contributed by atoms with van der Waals surface area (Å²) in [6.07, 6.45) is 16.4. The fourth-order valence-corrected chi connectivity index (χ4v) is 3.80. The summed E-state index contributed by atoms with van der Waals surface area (Å²) in [6.45, 7) is 0.326. The first kappa shape index (κ1) is 14.3. The highest BCUT2D eigenvalue weighted by Gasteiger charge is 2.21. The van der Waals surface area contributed by atoms with Crippen LogP contribution in [0.15, 0.2) is 0 Å². The first-order chi connectivity index (χ1) is 8.88. The Hall–Kier alpha value is -0.0800. The van der Waals surface area contributed by atoms with Gasteiger partial charge in [0.05, 0.1) is 6.61 Å². The van der Waals surface area contributed by atoms with Crippen LogP contribution >= 0.6 is 0 Å². The molecule has 0 amide bonds. The van der Waals surface area contributed by atoms with Crippen LogP contribution in [0, 0.1) is 5.92 Å². The van der Waals surface area contributed by atoms with E-state index in [0.29, 0.717) is 18.7 Å². The molecule has 2 fully saturated rings. The quantitative estimate of drug-likeness (QED) is 0.733. The Bertz CT molecular complexity index is 205. The van der Waals surface area contributed by atoms with Crippen molar-refractivity contribution in [2.75, 3.05) is 6.61 Å². The van der Waals surface area contributed by atoms with Crippen molar-refractivity contribution in [3.63, 3.8) is 0 Å². The van der Waals surface area contributed by atoms with Gasteiger partial charge in [-0.3, -0.25) is 0 Å². The lowest BCUT2D eigenvalue weighted by Crippen LogP contribution is -2.41. The molecule has 0 aromatic heterocycles. The van der Waals surface area contributed by atoms with E-state index in [1.54, 1.807) is 0 Å². The molecular weight excluding hydrogens is 222 g/mol. The Morgan fingerprint density at radius 3 is 2.00 bits per heavy atom. The van der Waals surface area contributed by atoms with Gasteiger partial charge in [-0.25, -0.2) is 0 Å². The largest absolute Gasteiger partial charge is 0.395 e. The molecule has 0 heterocycles. The summed E-state index contributed by atoms with van der Waals surface area (Å²) in [7, 11) is 0. The summed E-state index contributed by atoms with van der Waals surface area (Å²) in [4.78, 5) is 0. The summed E-state index contributed by atoms with van der Waals surface area (Å²) in [5.41, 5.74) is 0. The molecular formula is C16H31NO. The Morgan fingerprint density at radius 1 is 0.833 bits per heavy atom. The van der Waals surface area contributed by atoms with Gasteiger partial charge in [0.15, 0.2) is 0 Å². The van der Waals surface area contributed by atoms with Crippen LogP contribution in [0.3, 0.4) is 0 Å². The van der Waals surface area contributed by atoms with Crippen molar-refractivity contribution in [3.8, 4) is 0 Å². The van der Waals surface area contributed by atoms with Crippen molar-refractivity contribution in [2.24, 2.45) is 5.92 Å². The van der Waals surface area contributed by atoms with Crippen molar-refractivity contribution in [1.82, 2.24) is 5.32 Å². The number of hydrogen-bond acceptors (Lipinski definition) is 2. The Kier molecular flexibility index (Phi) is 6.50. The number of hydrogen-bond donors (Lipinski definition) is 2. The van der Waals surface area contributed by atoms with Crippen LogP contribution in [0.4, 0.5) is 0 Å². The van der Waals surface area contributed by atoms with Gasteiger partial charge in [-0.2, -0.15) is 0 Å². The molecule has 0 bridgehead atoms. The van der Waals surface area contributed by atoms with Crippen molar-refractivity contribution in [1.29, 1.82) is 0 Å². The second kappa shape index (κ2) is 8.16. The molecule has 0 spiro atoms. The van der Waals surface area contributed by atoms with E-state index in [9.17, 15) is 5.11 Å². The summed E-state index contributed by atoms with van der Waals surface area (Å²) in [6, 6.07) is 1.03. The molecule has 106 valence electrons. The number of aliphatic hydroxyl groups excluding tert-OH is 1. The minimum Gasteiger partial charge on any atom is -0.395 e. The molecule has 2 heteroatoms. The molecule has 2 nitrogen and oxygen atoms in total.